The highest BCUT2D eigenvalue weighted by atomic mass is 35.5. The van der Waals surface area contributed by atoms with Gasteiger partial charge in [0.1, 0.15) is 11.4 Å². The van der Waals surface area contributed by atoms with Gasteiger partial charge in [0.2, 0.25) is 0 Å². The number of nitrogens with zero attached hydrogens (tertiary/aromatic N) is 1. The second-order valence-corrected chi connectivity index (χ2v) is 8.37. The number of piperidine rings is 1. The first-order valence-corrected chi connectivity index (χ1v) is 9.42. The predicted molar refractivity (Wildman–Crippen MR) is 104 cm³/mol. The number of amides is 1. The van der Waals surface area contributed by atoms with Gasteiger partial charge >= 0.3 is 6.09 Å². The molecule has 1 amide bonds. The number of likely N-dealkylation sites (tertiary alicyclic amines) is 1. The van der Waals surface area contributed by atoms with Gasteiger partial charge in [-0.3, -0.25) is 4.79 Å². The largest absolute Gasteiger partial charge is 0.444 e. The maximum absolute atomic E-state index is 12.2. The SMILES string of the molecule is C/C(=C\CC1CN(C(=O)OC(C)(C)C)CCC1=O)Cc1ccc(Cl)cc1. The van der Waals surface area contributed by atoms with Crippen LogP contribution in [-0.2, 0) is 16.0 Å². The van der Waals surface area contributed by atoms with E-state index in [-0.39, 0.29) is 17.8 Å². The zero-order chi connectivity index (χ0) is 19.3. The van der Waals surface area contributed by atoms with Crippen LogP contribution < -0.4 is 0 Å². The number of halogens is 1. The molecule has 0 N–H and O–H groups in total. The summed E-state index contributed by atoms with van der Waals surface area (Å²) >= 11 is 5.91. The first-order chi connectivity index (χ1) is 12.1. The standard InChI is InChI=1S/C21H28ClNO3/c1-15(13-16-6-9-18(22)10-7-16)5-8-17-14-23(12-11-19(17)24)20(25)26-21(2,3)4/h5-7,9-10,17H,8,11-14H2,1-4H3/b15-5+. The van der Waals surface area contributed by atoms with Crippen molar-refractivity contribution in [2.75, 3.05) is 13.1 Å². The second kappa shape index (κ2) is 8.72. The minimum Gasteiger partial charge on any atom is -0.444 e. The summed E-state index contributed by atoms with van der Waals surface area (Å²) in [7, 11) is 0. The van der Waals surface area contributed by atoms with Gasteiger partial charge in [0.25, 0.3) is 0 Å². The highest BCUT2D eigenvalue weighted by Crippen LogP contribution is 2.21. The van der Waals surface area contributed by atoms with Crippen molar-refractivity contribution in [3.8, 4) is 0 Å². The van der Waals surface area contributed by atoms with E-state index in [2.05, 4.69) is 13.0 Å². The Balaban J connectivity index is 1.93. The Morgan fingerprint density at radius 2 is 1.96 bits per heavy atom. The molecular formula is C21H28ClNO3. The zero-order valence-corrected chi connectivity index (χ0v) is 16.8. The van der Waals surface area contributed by atoms with E-state index in [1.165, 1.54) is 11.1 Å². The van der Waals surface area contributed by atoms with Gasteiger partial charge < -0.3 is 9.64 Å². The van der Waals surface area contributed by atoms with Gasteiger partial charge in [0, 0.05) is 30.5 Å². The molecule has 1 aliphatic heterocycles. The van der Waals surface area contributed by atoms with Gasteiger partial charge in [-0.2, -0.15) is 0 Å². The van der Waals surface area contributed by atoms with Gasteiger partial charge in [-0.05, 0) is 58.2 Å². The molecule has 0 spiro atoms. The second-order valence-electron chi connectivity index (χ2n) is 7.93. The van der Waals surface area contributed by atoms with E-state index in [1.54, 1.807) is 4.90 Å². The fourth-order valence-corrected chi connectivity index (χ4v) is 3.07. The van der Waals surface area contributed by atoms with E-state index in [0.717, 1.165) is 11.4 Å². The van der Waals surface area contributed by atoms with Crippen LogP contribution >= 0.6 is 11.6 Å². The summed E-state index contributed by atoms with van der Waals surface area (Å²) in [5, 5.41) is 0.727. The quantitative estimate of drug-likeness (QED) is 0.690. The van der Waals surface area contributed by atoms with Crippen LogP contribution in [0.25, 0.3) is 0 Å². The molecule has 0 bridgehead atoms. The van der Waals surface area contributed by atoms with Crippen LogP contribution in [0.1, 0.15) is 46.1 Å². The molecule has 0 radical (unpaired) electrons. The summed E-state index contributed by atoms with van der Waals surface area (Å²) in [6, 6.07) is 7.78. The Labute approximate surface area is 161 Å². The Morgan fingerprint density at radius 3 is 2.58 bits per heavy atom. The van der Waals surface area contributed by atoms with Crippen molar-refractivity contribution >= 4 is 23.5 Å². The normalized spacial score (nSPS) is 18.8. The molecular weight excluding hydrogens is 350 g/mol. The van der Waals surface area contributed by atoms with Crippen LogP contribution in [-0.4, -0.2) is 35.5 Å². The summed E-state index contributed by atoms with van der Waals surface area (Å²) in [5.41, 5.74) is 1.87. The van der Waals surface area contributed by atoms with E-state index < -0.39 is 5.60 Å². The molecule has 1 aromatic carbocycles. The highest BCUT2D eigenvalue weighted by molar-refractivity contribution is 6.30. The van der Waals surface area contributed by atoms with E-state index >= 15 is 0 Å². The van der Waals surface area contributed by atoms with Gasteiger partial charge in [-0.1, -0.05) is 35.4 Å². The molecule has 5 heteroatoms. The Kier molecular flexibility index (Phi) is 6.87. The van der Waals surface area contributed by atoms with E-state index in [0.29, 0.717) is 25.9 Å². The maximum atomic E-state index is 12.2. The van der Waals surface area contributed by atoms with Crippen LogP contribution in [0.2, 0.25) is 5.02 Å². The number of benzene rings is 1. The Morgan fingerprint density at radius 1 is 1.31 bits per heavy atom. The van der Waals surface area contributed by atoms with Crippen molar-refractivity contribution in [1.82, 2.24) is 4.90 Å². The number of ether oxygens (including phenoxy) is 1. The summed E-state index contributed by atoms with van der Waals surface area (Å²) in [4.78, 5) is 26.1. The number of hydrogen-bond donors (Lipinski definition) is 0. The molecule has 1 aromatic rings. The van der Waals surface area contributed by atoms with Gasteiger partial charge in [0.15, 0.2) is 0 Å². The van der Waals surface area contributed by atoms with Crippen molar-refractivity contribution in [1.29, 1.82) is 0 Å². The van der Waals surface area contributed by atoms with Crippen molar-refractivity contribution in [3.05, 3.63) is 46.5 Å². The molecule has 1 unspecified atom stereocenters. The molecule has 1 aliphatic rings. The lowest BCUT2D eigenvalue weighted by Crippen LogP contribution is -2.46. The number of ketones is 1. The number of carbonyl (C=O) groups is 2. The summed E-state index contributed by atoms with van der Waals surface area (Å²) in [5.74, 6) is 0.0665. The minimum absolute atomic E-state index is 0.156. The number of hydrogen-bond acceptors (Lipinski definition) is 3. The molecule has 1 atom stereocenters. The predicted octanol–water partition coefficient (Wildman–Crippen LogP) is 5.05. The monoisotopic (exact) mass is 377 g/mol. The summed E-state index contributed by atoms with van der Waals surface area (Å²) < 4.78 is 5.42. The molecule has 26 heavy (non-hydrogen) atoms. The first-order valence-electron chi connectivity index (χ1n) is 9.05. The number of carbonyl (C=O) groups excluding carboxylic acids is 2. The average molecular weight is 378 g/mol. The van der Waals surface area contributed by atoms with Crippen LogP contribution in [0.4, 0.5) is 4.79 Å². The number of Topliss-reactive ketones (excluding diaryl/α,β-unsaturated/α-hetero) is 1. The molecule has 0 saturated carbocycles. The summed E-state index contributed by atoms with van der Waals surface area (Å²) in [6.45, 7) is 8.48. The van der Waals surface area contributed by atoms with Gasteiger partial charge in [-0.25, -0.2) is 4.79 Å². The molecule has 1 heterocycles. The fraction of sp³-hybridized carbons (Fsp3) is 0.524. The maximum Gasteiger partial charge on any atom is 0.410 e. The van der Waals surface area contributed by atoms with Gasteiger partial charge in [-0.15, -0.1) is 0 Å². The van der Waals surface area contributed by atoms with Crippen molar-refractivity contribution in [2.45, 2.75) is 52.6 Å². The highest BCUT2D eigenvalue weighted by Gasteiger charge is 2.31. The summed E-state index contributed by atoms with van der Waals surface area (Å²) in [6.07, 6.45) is 3.65. The molecule has 4 nitrogen and oxygen atoms in total. The third kappa shape index (κ3) is 6.49. The third-order valence-corrected chi connectivity index (χ3v) is 4.57. The number of rotatable bonds is 4. The van der Waals surface area contributed by atoms with Crippen molar-refractivity contribution in [3.63, 3.8) is 0 Å². The lowest BCUT2D eigenvalue weighted by molar-refractivity contribution is -0.125. The van der Waals surface area contributed by atoms with Crippen molar-refractivity contribution < 1.29 is 14.3 Å². The van der Waals surface area contributed by atoms with Crippen LogP contribution in [0.5, 0.6) is 0 Å². The molecule has 0 aromatic heterocycles. The Bertz CT molecular complexity index is 673. The lowest BCUT2D eigenvalue weighted by Gasteiger charge is -2.33. The minimum atomic E-state index is -0.525. The van der Waals surface area contributed by atoms with E-state index in [1.807, 2.05) is 45.0 Å². The van der Waals surface area contributed by atoms with E-state index in [9.17, 15) is 9.59 Å². The average Bonchev–Trinajstić information content (AvgIpc) is 2.54. The fourth-order valence-electron chi connectivity index (χ4n) is 2.95. The molecule has 1 fully saturated rings. The van der Waals surface area contributed by atoms with E-state index in [4.69, 9.17) is 16.3 Å². The van der Waals surface area contributed by atoms with Crippen LogP contribution in [0.15, 0.2) is 35.9 Å². The molecule has 142 valence electrons. The van der Waals surface area contributed by atoms with Crippen LogP contribution in [0, 0.1) is 5.92 Å². The first kappa shape index (κ1) is 20.5. The molecule has 1 saturated heterocycles. The number of allylic oxidation sites excluding steroid dienone is 2. The lowest BCUT2D eigenvalue weighted by atomic mass is 9.92. The Hall–Kier alpha value is -1.81. The smallest absolute Gasteiger partial charge is 0.410 e. The topological polar surface area (TPSA) is 46.6 Å². The van der Waals surface area contributed by atoms with Gasteiger partial charge in [0.05, 0.1) is 0 Å². The molecule has 0 aliphatic carbocycles. The zero-order valence-electron chi connectivity index (χ0n) is 16.0. The van der Waals surface area contributed by atoms with Crippen LogP contribution in [0.3, 0.4) is 0 Å². The third-order valence-electron chi connectivity index (χ3n) is 4.32. The van der Waals surface area contributed by atoms with Crippen molar-refractivity contribution in [2.24, 2.45) is 5.92 Å². The molecule has 2 rings (SSSR count).